The van der Waals surface area contributed by atoms with Crippen LogP contribution >= 0.6 is 0 Å². The largest absolute Gasteiger partial charge is 0.377 e. The van der Waals surface area contributed by atoms with E-state index in [0.717, 1.165) is 0 Å². The minimum absolute atomic E-state index is 0.0324. The number of carbonyl (C=O) groups excluding carboxylic acids is 1. The van der Waals surface area contributed by atoms with E-state index in [2.05, 4.69) is 10.4 Å². The molecule has 0 bridgehead atoms. The molecule has 3 rings (SSSR count). The summed E-state index contributed by atoms with van der Waals surface area (Å²) >= 11 is 0. The Bertz CT molecular complexity index is 962. The average molecular weight is 384 g/mol. The lowest BCUT2D eigenvalue weighted by atomic mass is 10.0. The third kappa shape index (κ3) is 3.93. The summed E-state index contributed by atoms with van der Waals surface area (Å²) in [5.74, 6) is -0.426. The number of hydrogen-bond acceptors (Lipinski definition) is 6. The summed E-state index contributed by atoms with van der Waals surface area (Å²) in [6, 6.07) is 4.73. The second-order valence-electron chi connectivity index (χ2n) is 6.67. The normalized spacial score (nSPS) is 19.2. The molecule has 146 valence electrons. The van der Waals surface area contributed by atoms with E-state index >= 15 is 0 Å². The lowest BCUT2D eigenvalue weighted by Crippen LogP contribution is -2.50. The Morgan fingerprint density at radius 2 is 2.25 bits per heavy atom. The summed E-state index contributed by atoms with van der Waals surface area (Å²) in [5.41, 5.74) is 6.64. The molecule has 1 aliphatic rings. The summed E-state index contributed by atoms with van der Waals surface area (Å²) in [5, 5.41) is 31.3. The number of rotatable bonds is 6. The maximum absolute atomic E-state index is 14.8. The zero-order valence-electron chi connectivity index (χ0n) is 15.2. The fourth-order valence-corrected chi connectivity index (χ4v) is 3.29. The lowest BCUT2D eigenvalue weighted by molar-refractivity contribution is 0.1000. The molecule has 0 unspecified atom stereocenters. The Labute approximate surface area is 160 Å². The molecule has 0 radical (unpaired) electrons. The van der Waals surface area contributed by atoms with Gasteiger partial charge < -0.3 is 16.0 Å². The highest BCUT2D eigenvalue weighted by atomic mass is 19.1. The van der Waals surface area contributed by atoms with Gasteiger partial charge in [0.15, 0.2) is 0 Å². The van der Waals surface area contributed by atoms with E-state index in [9.17, 15) is 9.18 Å². The number of alkyl halides is 1. The van der Waals surface area contributed by atoms with Crippen molar-refractivity contribution >= 4 is 28.7 Å². The van der Waals surface area contributed by atoms with Gasteiger partial charge in [-0.3, -0.25) is 15.6 Å². The summed E-state index contributed by atoms with van der Waals surface area (Å²) in [6.45, 7) is 0.496. The third-order valence-electron chi connectivity index (χ3n) is 4.83. The van der Waals surface area contributed by atoms with E-state index in [4.69, 9.17) is 21.8 Å². The Morgan fingerprint density at radius 1 is 1.46 bits per heavy atom. The van der Waals surface area contributed by atoms with Crippen LogP contribution in [0.25, 0.3) is 5.52 Å². The van der Waals surface area contributed by atoms with Gasteiger partial charge in [-0.25, -0.2) is 8.91 Å². The predicted octanol–water partition coefficient (Wildman–Crippen LogP) is 1.56. The van der Waals surface area contributed by atoms with Crippen LogP contribution in [-0.4, -0.2) is 57.3 Å². The monoisotopic (exact) mass is 384 g/mol. The topological polar surface area (TPSA) is 147 Å². The number of hydrogen-bond donors (Lipinski definition) is 4. The maximum atomic E-state index is 14.8. The second-order valence-corrected chi connectivity index (χ2v) is 6.67. The van der Waals surface area contributed by atoms with Crippen LogP contribution < -0.4 is 11.1 Å². The van der Waals surface area contributed by atoms with E-state index in [1.54, 1.807) is 33.8 Å². The molecular formula is C18H21FN8O. The number of carbonyl (C=O) groups is 1. The van der Waals surface area contributed by atoms with Crippen molar-refractivity contribution in [2.24, 2.45) is 5.73 Å². The van der Waals surface area contributed by atoms with Gasteiger partial charge in [0, 0.05) is 25.6 Å². The van der Waals surface area contributed by atoms with Crippen LogP contribution in [0.2, 0.25) is 0 Å². The number of halogens is 1. The predicted molar refractivity (Wildman–Crippen MR) is 103 cm³/mol. The van der Waals surface area contributed by atoms with Gasteiger partial charge in [0.2, 0.25) is 0 Å². The van der Waals surface area contributed by atoms with Crippen molar-refractivity contribution in [2.75, 3.05) is 18.4 Å². The Hall–Kier alpha value is -3.48. The van der Waals surface area contributed by atoms with Crippen LogP contribution in [0, 0.1) is 22.1 Å². The molecule has 2 aromatic heterocycles. The number of primary amides is 1. The Kier molecular flexibility index (Phi) is 5.54. The van der Waals surface area contributed by atoms with Gasteiger partial charge >= 0.3 is 0 Å². The molecule has 1 amide bonds. The SMILES string of the molecule is N#CC(=N)CCC(=N)N1CC[C@@H](Nc2c(C(N)=O)cnn3cccc23)[C@@H](F)C1. The molecule has 0 aliphatic carbocycles. The van der Waals surface area contributed by atoms with Crippen molar-refractivity contribution in [1.82, 2.24) is 14.5 Å². The quantitative estimate of drug-likeness (QED) is 0.441. The molecule has 1 saturated heterocycles. The first-order chi connectivity index (χ1) is 13.4. The molecule has 28 heavy (non-hydrogen) atoms. The smallest absolute Gasteiger partial charge is 0.252 e. The van der Waals surface area contributed by atoms with E-state index in [1.165, 1.54) is 6.20 Å². The molecule has 0 spiro atoms. The first-order valence-electron chi connectivity index (χ1n) is 8.87. The van der Waals surface area contributed by atoms with E-state index < -0.39 is 18.1 Å². The van der Waals surface area contributed by atoms with Crippen molar-refractivity contribution in [3.63, 3.8) is 0 Å². The number of likely N-dealkylation sites (tertiary alicyclic amines) is 1. The highest BCUT2D eigenvalue weighted by Gasteiger charge is 2.31. The molecular weight excluding hydrogens is 363 g/mol. The molecule has 0 aromatic carbocycles. The number of amides is 1. The number of fused-ring (bicyclic) bond motifs is 1. The van der Waals surface area contributed by atoms with Crippen LogP contribution in [0.1, 0.15) is 29.6 Å². The molecule has 10 heteroatoms. The van der Waals surface area contributed by atoms with E-state index in [-0.39, 0.29) is 36.5 Å². The zero-order chi connectivity index (χ0) is 20.3. The third-order valence-corrected chi connectivity index (χ3v) is 4.83. The van der Waals surface area contributed by atoms with Gasteiger partial charge in [0.1, 0.15) is 18.0 Å². The summed E-state index contributed by atoms with van der Waals surface area (Å²) in [7, 11) is 0. The highest BCUT2D eigenvalue weighted by Crippen LogP contribution is 2.26. The minimum Gasteiger partial charge on any atom is -0.377 e. The fourth-order valence-electron chi connectivity index (χ4n) is 3.29. The number of nitrogens with zero attached hydrogens (tertiary/aromatic N) is 4. The van der Waals surface area contributed by atoms with Crippen LogP contribution in [-0.2, 0) is 0 Å². The number of anilines is 1. The van der Waals surface area contributed by atoms with Gasteiger partial charge in [0.05, 0.1) is 41.4 Å². The standard InChI is InChI=1S/C18H21FN8O/c19-13-10-26(16(22)4-3-11(21)8-20)7-5-14(13)25-17-12(18(23)28)9-24-27-6-1-2-15(17)27/h1-2,6,9,13-14,21-22,25H,3-5,7,10H2,(H2,23,28)/t13-,14+/m0/s1. The van der Waals surface area contributed by atoms with Crippen LogP contribution in [0.4, 0.5) is 10.1 Å². The number of nitrogens with two attached hydrogens (primary N) is 1. The van der Waals surface area contributed by atoms with Gasteiger partial charge in [-0.15, -0.1) is 0 Å². The summed E-state index contributed by atoms with van der Waals surface area (Å²) in [4.78, 5) is 13.4. The fraction of sp³-hybridized carbons (Fsp3) is 0.389. The molecule has 9 nitrogen and oxygen atoms in total. The van der Waals surface area contributed by atoms with Crippen molar-refractivity contribution < 1.29 is 9.18 Å². The molecule has 3 heterocycles. The van der Waals surface area contributed by atoms with Crippen molar-refractivity contribution in [1.29, 1.82) is 16.1 Å². The highest BCUT2D eigenvalue weighted by molar-refractivity contribution is 6.02. The summed E-state index contributed by atoms with van der Waals surface area (Å²) in [6.07, 6.45) is 2.65. The first kappa shape index (κ1) is 19.3. The minimum atomic E-state index is -1.27. The van der Waals surface area contributed by atoms with Gasteiger partial charge in [-0.05, 0) is 18.6 Å². The van der Waals surface area contributed by atoms with Crippen molar-refractivity contribution in [3.8, 4) is 6.07 Å². The van der Waals surface area contributed by atoms with Crippen molar-refractivity contribution in [3.05, 3.63) is 30.1 Å². The van der Waals surface area contributed by atoms with E-state index in [0.29, 0.717) is 24.2 Å². The number of nitriles is 1. The molecule has 2 aromatic rings. The molecule has 0 saturated carbocycles. The maximum Gasteiger partial charge on any atom is 0.252 e. The molecule has 1 fully saturated rings. The Balaban J connectivity index is 1.70. The van der Waals surface area contributed by atoms with Gasteiger partial charge in [0.25, 0.3) is 5.91 Å². The second kappa shape index (κ2) is 8.04. The number of amidine groups is 1. The van der Waals surface area contributed by atoms with Crippen LogP contribution in [0.15, 0.2) is 24.5 Å². The van der Waals surface area contributed by atoms with Crippen LogP contribution in [0.5, 0.6) is 0 Å². The number of nitrogens with one attached hydrogen (secondary N) is 3. The number of piperidine rings is 1. The summed E-state index contributed by atoms with van der Waals surface area (Å²) < 4.78 is 16.4. The molecule has 1 aliphatic heterocycles. The van der Waals surface area contributed by atoms with Gasteiger partial charge in [-0.1, -0.05) is 0 Å². The van der Waals surface area contributed by atoms with Gasteiger partial charge in [-0.2, -0.15) is 10.4 Å². The first-order valence-corrected chi connectivity index (χ1v) is 8.87. The van der Waals surface area contributed by atoms with Crippen molar-refractivity contribution in [2.45, 2.75) is 31.5 Å². The lowest BCUT2D eigenvalue weighted by Gasteiger charge is -2.37. The molecule has 5 N–H and O–H groups in total. The zero-order valence-corrected chi connectivity index (χ0v) is 15.2. The van der Waals surface area contributed by atoms with Crippen LogP contribution in [0.3, 0.4) is 0 Å². The molecule has 2 atom stereocenters. The Morgan fingerprint density at radius 3 is 2.93 bits per heavy atom. The average Bonchev–Trinajstić information content (AvgIpc) is 3.16. The number of aromatic nitrogens is 2. The van der Waals surface area contributed by atoms with E-state index in [1.807, 2.05) is 0 Å².